The summed E-state index contributed by atoms with van der Waals surface area (Å²) in [6, 6.07) is 14.4. The first-order valence-electron chi connectivity index (χ1n) is 13.0. The minimum absolute atomic E-state index is 0.0904. The van der Waals surface area contributed by atoms with Gasteiger partial charge < -0.3 is 15.4 Å². The van der Waals surface area contributed by atoms with Crippen molar-refractivity contribution in [3.8, 4) is 5.75 Å². The van der Waals surface area contributed by atoms with Crippen molar-refractivity contribution in [2.24, 2.45) is 11.7 Å². The van der Waals surface area contributed by atoms with Crippen molar-refractivity contribution in [2.45, 2.75) is 30.7 Å². The first kappa shape index (κ1) is 26.3. The van der Waals surface area contributed by atoms with Gasteiger partial charge in [-0.3, -0.25) is 9.69 Å². The van der Waals surface area contributed by atoms with E-state index in [1.165, 1.54) is 4.31 Å². The minimum Gasteiger partial charge on any atom is -0.497 e. The van der Waals surface area contributed by atoms with Gasteiger partial charge in [-0.1, -0.05) is 12.1 Å². The van der Waals surface area contributed by atoms with Gasteiger partial charge in [0, 0.05) is 50.6 Å². The lowest BCUT2D eigenvalue weighted by molar-refractivity contribution is -0.122. The van der Waals surface area contributed by atoms with Gasteiger partial charge in [0.25, 0.3) is 0 Å². The molecule has 0 bridgehead atoms. The number of primary amides is 1. The number of ether oxygens (including phenoxy) is 1. The van der Waals surface area contributed by atoms with E-state index in [-0.39, 0.29) is 22.8 Å². The molecule has 5 rings (SSSR count). The zero-order valence-electron chi connectivity index (χ0n) is 21.8. The van der Waals surface area contributed by atoms with Crippen molar-refractivity contribution in [2.75, 3.05) is 51.3 Å². The minimum atomic E-state index is -3.58. The molecule has 0 aliphatic carbocycles. The lowest BCUT2D eigenvalue weighted by Crippen LogP contribution is -2.49. The highest BCUT2D eigenvalue weighted by atomic mass is 32.2. The number of para-hydroxylation sites is 1. The normalized spacial score (nSPS) is 18.9. The van der Waals surface area contributed by atoms with Crippen LogP contribution in [0.2, 0.25) is 0 Å². The third-order valence-corrected chi connectivity index (χ3v) is 9.60. The average Bonchev–Trinajstić information content (AvgIpc) is 2.96. The highest BCUT2D eigenvalue weighted by Crippen LogP contribution is 2.31. The summed E-state index contributed by atoms with van der Waals surface area (Å²) in [5, 5.41) is 0.983. The molecule has 1 aromatic heterocycles. The molecule has 1 amide bonds. The molecule has 2 fully saturated rings. The summed E-state index contributed by atoms with van der Waals surface area (Å²) in [6.45, 7) is 5.42. The van der Waals surface area contributed by atoms with E-state index < -0.39 is 10.0 Å². The number of piperidine rings is 1. The largest absolute Gasteiger partial charge is 0.497 e. The second-order valence-electron chi connectivity index (χ2n) is 9.88. The molecule has 0 saturated carbocycles. The van der Waals surface area contributed by atoms with E-state index >= 15 is 0 Å². The van der Waals surface area contributed by atoms with Crippen LogP contribution in [0.3, 0.4) is 0 Å². The van der Waals surface area contributed by atoms with E-state index in [1.54, 1.807) is 31.4 Å². The predicted molar refractivity (Wildman–Crippen MR) is 145 cm³/mol. The van der Waals surface area contributed by atoms with Gasteiger partial charge in [-0.2, -0.15) is 4.31 Å². The number of sulfonamides is 1. The number of methoxy groups -OCH3 is 1. The van der Waals surface area contributed by atoms with Gasteiger partial charge in [-0.15, -0.1) is 0 Å². The molecule has 0 spiro atoms. The molecule has 11 heteroatoms. The van der Waals surface area contributed by atoms with Gasteiger partial charge in [-0.05, 0) is 56.2 Å². The van der Waals surface area contributed by atoms with Crippen molar-refractivity contribution in [3.63, 3.8) is 0 Å². The third kappa shape index (κ3) is 5.18. The van der Waals surface area contributed by atoms with Gasteiger partial charge in [0.1, 0.15) is 17.4 Å². The maximum atomic E-state index is 13.2. The number of hydrogen-bond donors (Lipinski definition) is 1. The van der Waals surface area contributed by atoms with Crippen LogP contribution < -0.4 is 15.4 Å². The Morgan fingerprint density at radius 3 is 2.26 bits per heavy atom. The standard InChI is InChI=1S/C27H34N6O4S/c1-19(31-15-17-33(18-16-31)38(35,36)22-9-7-21(37-2)8-10-22)26-29-24-6-4-3-5-23(24)27(30-26)32-13-11-20(12-14-32)25(28)34/h3-10,19-20H,11-18H2,1-2H3,(H2,28,34). The molecule has 1 atom stereocenters. The number of nitrogens with zero attached hydrogens (tertiary/aromatic N) is 5. The number of amides is 1. The van der Waals surface area contributed by atoms with E-state index in [0.29, 0.717) is 63.7 Å². The maximum absolute atomic E-state index is 13.2. The summed E-state index contributed by atoms with van der Waals surface area (Å²) >= 11 is 0. The van der Waals surface area contributed by atoms with Crippen LogP contribution >= 0.6 is 0 Å². The van der Waals surface area contributed by atoms with Crippen LogP contribution in [0.5, 0.6) is 5.75 Å². The van der Waals surface area contributed by atoms with Gasteiger partial charge in [-0.25, -0.2) is 18.4 Å². The highest BCUT2D eigenvalue weighted by Gasteiger charge is 2.32. The SMILES string of the molecule is COc1ccc(S(=O)(=O)N2CCN(C(C)c3nc(N4CCC(C(N)=O)CC4)c4ccccc4n3)CC2)cc1. The van der Waals surface area contributed by atoms with Crippen LogP contribution in [-0.2, 0) is 14.8 Å². The summed E-state index contributed by atoms with van der Waals surface area (Å²) in [6.07, 6.45) is 1.42. The third-order valence-electron chi connectivity index (χ3n) is 7.69. The number of rotatable bonds is 7. The Morgan fingerprint density at radius 2 is 1.63 bits per heavy atom. The molecule has 2 aromatic carbocycles. The van der Waals surface area contributed by atoms with Crippen molar-refractivity contribution in [1.82, 2.24) is 19.2 Å². The Balaban J connectivity index is 1.32. The summed E-state index contributed by atoms with van der Waals surface area (Å²) in [7, 11) is -2.03. The van der Waals surface area contributed by atoms with E-state index in [4.69, 9.17) is 20.4 Å². The van der Waals surface area contributed by atoms with E-state index in [1.807, 2.05) is 24.3 Å². The molecule has 2 N–H and O–H groups in total. The smallest absolute Gasteiger partial charge is 0.243 e. The second kappa shape index (κ2) is 10.8. The molecule has 202 valence electrons. The number of anilines is 1. The molecular formula is C27H34N6O4S. The highest BCUT2D eigenvalue weighted by molar-refractivity contribution is 7.89. The quantitative estimate of drug-likeness (QED) is 0.487. The Labute approximate surface area is 223 Å². The number of aromatic nitrogens is 2. The summed E-state index contributed by atoms with van der Waals surface area (Å²) in [4.78, 5) is 26.3. The molecule has 2 saturated heterocycles. The Hall–Kier alpha value is -3.28. The number of carbonyl (C=O) groups excluding carboxylic acids is 1. The second-order valence-corrected chi connectivity index (χ2v) is 11.8. The van der Waals surface area contributed by atoms with Crippen molar-refractivity contribution < 1.29 is 17.9 Å². The summed E-state index contributed by atoms with van der Waals surface area (Å²) in [5.74, 6) is 1.88. The molecule has 1 unspecified atom stereocenters. The average molecular weight is 539 g/mol. The maximum Gasteiger partial charge on any atom is 0.243 e. The fraction of sp³-hybridized carbons (Fsp3) is 0.444. The van der Waals surface area contributed by atoms with Crippen LogP contribution in [0.15, 0.2) is 53.4 Å². The Morgan fingerprint density at radius 1 is 0.974 bits per heavy atom. The molecule has 38 heavy (non-hydrogen) atoms. The van der Waals surface area contributed by atoms with Gasteiger partial charge in [0.2, 0.25) is 15.9 Å². The molecule has 10 nitrogen and oxygen atoms in total. The van der Waals surface area contributed by atoms with Gasteiger partial charge in [0.05, 0.1) is 23.6 Å². The lowest BCUT2D eigenvalue weighted by Gasteiger charge is -2.37. The van der Waals surface area contributed by atoms with Crippen LogP contribution in [-0.4, -0.2) is 79.9 Å². The number of benzene rings is 2. The fourth-order valence-electron chi connectivity index (χ4n) is 5.27. The van der Waals surface area contributed by atoms with Crippen LogP contribution in [0.25, 0.3) is 10.9 Å². The lowest BCUT2D eigenvalue weighted by atomic mass is 9.96. The Bertz CT molecular complexity index is 1400. The first-order valence-corrected chi connectivity index (χ1v) is 14.4. The summed E-state index contributed by atoms with van der Waals surface area (Å²) in [5.41, 5.74) is 6.41. The predicted octanol–water partition coefficient (Wildman–Crippen LogP) is 2.41. The fourth-order valence-corrected chi connectivity index (χ4v) is 6.69. The number of fused-ring (bicyclic) bond motifs is 1. The number of piperazine rings is 1. The number of hydrogen-bond acceptors (Lipinski definition) is 8. The molecule has 3 heterocycles. The van der Waals surface area contributed by atoms with E-state index in [0.717, 1.165) is 16.7 Å². The van der Waals surface area contributed by atoms with Crippen LogP contribution in [0.4, 0.5) is 5.82 Å². The monoisotopic (exact) mass is 538 g/mol. The van der Waals surface area contributed by atoms with E-state index in [9.17, 15) is 13.2 Å². The van der Waals surface area contributed by atoms with Crippen LogP contribution in [0.1, 0.15) is 31.6 Å². The van der Waals surface area contributed by atoms with Crippen molar-refractivity contribution in [3.05, 3.63) is 54.4 Å². The van der Waals surface area contributed by atoms with Crippen molar-refractivity contribution in [1.29, 1.82) is 0 Å². The molecule has 3 aromatic rings. The zero-order chi connectivity index (χ0) is 26.9. The molecule has 2 aliphatic rings. The molecular weight excluding hydrogens is 504 g/mol. The number of nitrogens with two attached hydrogens (primary N) is 1. The van der Waals surface area contributed by atoms with Crippen molar-refractivity contribution >= 4 is 32.7 Å². The van der Waals surface area contributed by atoms with Gasteiger partial charge >= 0.3 is 0 Å². The zero-order valence-corrected chi connectivity index (χ0v) is 22.6. The first-order chi connectivity index (χ1) is 18.3. The van der Waals surface area contributed by atoms with Gasteiger partial charge in [0.15, 0.2) is 0 Å². The van der Waals surface area contributed by atoms with Crippen LogP contribution in [0, 0.1) is 5.92 Å². The van der Waals surface area contributed by atoms with E-state index in [2.05, 4.69) is 16.7 Å². The number of carbonyl (C=O) groups is 1. The summed E-state index contributed by atoms with van der Waals surface area (Å²) < 4.78 is 33.0. The topological polar surface area (TPSA) is 122 Å². The Kier molecular flexibility index (Phi) is 7.51. The molecule has 0 radical (unpaired) electrons. The molecule has 2 aliphatic heterocycles.